The second-order valence-electron chi connectivity index (χ2n) is 3.99. The van der Waals surface area contributed by atoms with Crippen LogP contribution in [0.1, 0.15) is 18.1 Å². The third-order valence-electron chi connectivity index (χ3n) is 2.81. The molecule has 1 saturated heterocycles. The molecule has 0 radical (unpaired) electrons. The van der Waals surface area contributed by atoms with Crippen molar-refractivity contribution >= 4 is 5.69 Å². The Balaban J connectivity index is 2.10. The maximum atomic E-state index is 11.1. The first-order chi connectivity index (χ1) is 7.77. The molecule has 86 valence electrons. The van der Waals surface area contributed by atoms with Crippen LogP contribution >= 0.6 is 0 Å². The van der Waals surface area contributed by atoms with Gasteiger partial charge >= 0.3 is 0 Å². The molecule has 0 bridgehead atoms. The summed E-state index contributed by atoms with van der Waals surface area (Å²) in [4.78, 5) is 11.1. The largest absolute Gasteiger partial charge is 0.372 e. The van der Waals surface area contributed by atoms with Gasteiger partial charge in [-0.15, -0.1) is 0 Å². The lowest BCUT2D eigenvalue weighted by atomic mass is 10.1. The van der Waals surface area contributed by atoms with E-state index < -0.39 is 0 Å². The van der Waals surface area contributed by atoms with Crippen LogP contribution in [0.3, 0.4) is 0 Å². The van der Waals surface area contributed by atoms with Gasteiger partial charge in [0.1, 0.15) is 0 Å². The Morgan fingerprint density at radius 3 is 2.75 bits per heavy atom. The molecule has 1 fully saturated rings. The Labute approximate surface area is 95.2 Å². The van der Waals surface area contributed by atoms with Gasteiger partial charge in [-0.1, -0.05) is 0 Å². The molecule has 0 amide bonds. The van der Waals surface area contributed by atoms with Gasteiger partial charge < -0.3 is 10.1 Å². The van der Waals surface area contributed by atoms with Crippen molar-refractivity contribution in [2.75, 3.05) is 26.7 Å². The van der Waals surface area contributed by atoms with Crippen LogP contribution in [0.25, 0.3) is 0 Å². The SMILES string of the molecule is C[N+](=O)c1ccc(C2CCNCCO2)cc1. The maximum Gasteiger partial charge on any atom is 0.255 e. The minimum Gasteiger partial charge on any atom is -0.372 e. The van der Waals surface area contributed by atoms with Gasteiger partial charge in [-0.2, -0.15) is 0 Å². The zero-order valence-corrected chi connectivity index (χ0v) is 9.48. The molecule has 2 rings (SSSR count). The van der Waals surface area contributed by atoms with E-state index in [0.717, 1.165) is 36.4 Å². The van der Waals surface area contributed by atoms with Crippen molar-refractivity contribution in [2.24, 2.45) is 0 Å². The first kappa shape index (κ1) is 11.2. The summed E-state index contributed by atoms with van der Waals surface area (Å²) in [6.45, 7) is 2.64. The predicted octanol–water partition coefficient (Wildman–Crippen LogP) is 1.78. The molecule has 1 aromatic carbocycles. The molecule has 1 unspecified atom stereocenters. The molecule has 4 nitrogen and oxygen atoms in total. The van der Waals surface area contributed by atoms with Gasteiger partial charge in [-0.3, -0.25) is 0 Å². The standard InChI is InChI=1S/C12H17N2O2/c1-14(15)11-4-2-10(3-5-11)12-6-7-13-8-9-16-12/h2-5,12-13H,6-9H2,1H3/q+1. The number of hydrogen-bond donors (Lipinski definition) is 1. The number of nitrogens with one attached hydrogen (secondary N) is 1. The first-order valence-corrected chi connectivity index (χ1v) is 5.60. The fourth-order valence-corrected chi connectivity index (χ4v) is 1.88. The number of ether oxygens (including phenoxy) is 1. The van der Waals surface area contributed by atoms with E-state index in [2.05, 4.69) is 5.32 Å². The highest BCUT2D eigenvalue weighted by Gasteiger charge is 2.15. The summed E-state index contributed by atoms with van der Waals surface area (Å²) in [5.41, 5.74) is 1.82. The van der Waals surface area contributed by atoms with Crippen LogP contribution in [0.4, 0.5) is 5.69 Å². The van der Waals surface area contributed by atoms with Crippen LogP contribution < -0.4 is 5.32 Å². The highest BCUT2D eigenvalue weighted by molar-refractivity contribution is 5.33. The third kappa shape index (κ3) is 2.65. The second-order valence-corrected chi connectivity index (χ2v) is 3.99. The minimum atomic E-state index is 0.154. The molecule has 4 heteroatoms. The first-order valence-electron chi connectivity index (χ1n) is 5.60. The fraction of sp³-hybridized carbons (Fsp3) is 0.500. The Bertz CT molecular complexity index is 354. The van der Waals surface area contributed by atoms with E-state index in [4.69, 9.17) is 4.74 Å². The van der Waals surface area contributed by atoms with E-state index in [1.54, 1.807) is 0 Å². The highest BCUT2D eigenvalue weighted by atomic mass is 16.5. The van der Waals surface area contributed by atoms with Crippen molar-refractivity contribution in [2.45, 2.75) is 12.5 Å². The van der Waals surface area contributed by atoms with Crippen LogP contribution in [0.2, 0.25) is 0 Å². The zero-order valence-electron chi connectivity index (χ0n) is 9.48. The number of nitroso groups, excluding NO2 is 1. The minimum absolute atomic E-state index is 0.154. The molecular formula is C12H17N2O2+. The molecule has 1 N–H and O–H groups in total. The predicted molar refractivity (Wildman–Crippen MR) is 61.8 cm³/mol. The lowest BCUT2D eigenvalue weighted by molar-refractivity contribution is -0.428. The molecule has 1 atom stereocenters. The van der Waals surface area contributed by atoms with Gasteiger partial charge in [-0.05, 0) is 30.7 Å². The average molecular weight is 221 g/mol. The molecule has 1 aliphatic rings. The summed E-state index contributed by atoms with van der Waals surface area (Å²) < 4.78 is 6.60. The normalized spacial score (nSPS) is 21.4. The Morgan fingerprint density at radius 1 is 1.31 bits per heavy atom. The Kier molecular flexibility index (Phi) is 3.64. The summed E-state index contributed by atoms with van der Waals surface area (Å²) in [6.07, 6.45) is 1.13. The summed E-state index contributed by atoms with van der Waals surface area (Å²) in [5.74, 6) is 0. The quantitative estimate of drug-likeness (QED) is 0.774. The van der Waals surface area contributed by atoms with Crippen LogP contribution in [0.15, 0.2) is 24.3 Å². The smallest absolute Gasteiger partial charge is 0.255 e. The van der Waals surface area contributed by atoms with Gasteiger partial charge in [0, 0.05) is 28.3 Å². The molecule has 1 aromatic rings. The lowest BCUT2D eigenvalue weighted by Gasteiger charge is -2.14. The van der Waals surface area contributed by atoms with Crippen molar-refractivity contribution in [3.63, 3.8) is 0 Å². The maximum absolute atomic E-state index is 11.1. The fourth-order valence-electron chi connectivity index (χ4n) is 1.88. The summed E-state index contributed by atoms with van der Waals surface area (Å²) in [7, 11) is 1.50. The van der Waals surface area contributed by atoms with E-state index >= 15 is 0 Å². The summed E-state index contributed by atoms with van der Waals surface area (Å²) in [6, 6.07) is 7.62. The molecule has 0 aromatic heterocycles. The Hall–Kier alpha value is -1.26. The van der Waals surface area contributed by atoms with E-state index in [1.807, 2.05) is 24.3 Å². The lowest BCUT2D eigenvalue weighted by Crippen LogP contribution is -2.16. The van der Waals surface area contributed by atoms with Gasteiger partial charge in [0.25, 0.3) is 5.69 Å². The van der Waals surface area contributed by atoms with Crippen LogP contribution in [-0.2, 0) is 4.74 Å². The van der Waals surface area contributed by atoms with Gasteiger partial charge in [0.15, 0.2) is 7.05 Å². The number of nitrogens with zero attached hydrogens (tertiary/aromatic N) is 1. The van der Waals surface area contributed by atoms with Crippen molar-refractivity contribution in [3.05, 3.63) is 34.7 Å². The summed E-state index contributed by atoms with van der Waals surface area (Å²) >= 11 is 0. The van der Waals surface area contributed by atoms with E-state index in [9.17, 15) is 4.91 Å². The van der Waals surface area contributed by atoms with Gasteiger partial charge in [0.05, 0.1) is 12.7 Å². The van der Waals surface area contributed by atoms with E-state index in [1.165, 1.54) is 7.05 Å². The number of benzene rings is 1. The average Bonchev–Trinajstić information content (AvgIpc) is 2.57. The number of rotatable bonds is 2. The van der Waals surface area contributed by atoms with Crippen molar-refractivity contribution in [3.8, 4) is 0 Å². The molecule has 0 saturated carbocycles. The molecule has 16 heavy (non-hydrogen) atoms. The Morgan fingerprint density at radius 2 is 2.06 bits per heavy atom. The zero-order chi connectivity index (χ0) is 11.4. The van der Waals surface area contributed by atoms with Gasteiger partial charge in [0.2, 0.25) is 0 Å². The molecule has 0 aliphatic carbocycles. The molecule has 0 spiro atoms. The van der Waals surface area contributed by atoms with E-state index in [0.29, 0.717) is 5.69 Å². The van der Waals surface area contributed by atoms with Crippen LogP contribution in [0.5, 0.6) is 0 Å². The van der Waals surface area contributed by atoms with Crippen molar-refractivity contribution in [1.29, 1.82) is 0 Å². The van der Waals surface area contributed by atoms with Crippen LogP contribution in [-0.4, -0.2) is 31.5 Å². The second kappa shape index (κ2) is 5.18. The van der Waals surface area contributed by atoms with Gasteiger partial charge in [-0.25, -0.2) is 0 Å². The summed E-state index contributed by atoms with van der Waals surface area (Å²) in [5, 5.41) is 3.29. The van der Waals surface area contributed by atoms with Crippen molar-refractivity contribution in [1.82, 2.24) is 5.32 Å². The monoisotopic (exact) mass is 221 g/mol. The van der Waals surface area contributed by atoms with Crippen molar-refractivity contribution < 1.29 is 9.50 Å². The molecule has 1 heterocycles. The van der Waals surface area contributed by atoms with E-state index in [-0.39, 0.29) is 6.10 Å². The number of hydrogen-bond acceptors (Lipinski definition) is 3. The highest BCUT2D eigenvalue weighted by Crippen LogP contribution is 2.23. The third-order valence-corrected chi connectivity index (χ3v) is 2.81. The topological polar surface area (TPSA) is 41.3 Å². The molecular weight excluding hydrogens is 204 g/mol. The van der Waals surface area contributed by atoms with Crippen LogP contribution in [0, 0.1) is 4.91 Å². The molecule has 1 aliphatic heterocycles.